The van der Waals surface area contributed by atoms with E-state index in [1.54, 1.807) is 12.1 Å². The van der Waals surface area contributed by atoms with E-state index in [0.717, 1.165) is 5.56 Å². The minimum atomic E-state index is -4.66. The van der Waals surface area contributed by atoms with Gasteiger partial charge in [0.1, 0.15) is 5.75 Å². The first-order valence-corrected chi connectivity index (χ1v) is 5.63. The van der Waals surface area contributed by atoms with Crippen LogP contribution in [0.5, 0.6) is 5.75 Å². The molecule has 0 spiro atoms. The summed E-state index contributed by atoms with van der Waals surface area (Å²) in [6.07, 6.45) is -4.66. The van der Waals surface area contributed by atoms with Crippen molar-refractivity contribution in [2.45, 2.75) is 32.3 Å². The summed E-state index contributed by atoms with van der Waals surface area (Å²) in [5.74, 6) is -0.230. The first-order chi connectivity index (χ1) is 8.31. The number of benzene rings is 1. The molecule has 0 bridgehead atoms. The van der Waals surface area contributed by atoms with Crippen LogP contribution in [0.15, 0.2) is 24.3 Å². The quantitative estimate of drug-likeness (QED) is 0.857. The van der Waals surface area contributed by atoms with Gasteiger partial charge < -0.3 is 15.8 Å². The van der Waals surface area contributed by atoms with E-state index < -0.39 is 6.36 Å². The van der Waals surface area contributed by atoms with Crippen LogP contribution in [-0.2, 0) is 0 Å². The Morgan fingerprint density at radius 3 is 2.17 bits per heavy atom. The Hall–Kier alpha value is -1.27. The van der Waals surface area contributed by atoms with Gasteiger partial charge in [-0.05, 0) is 17.7 Å². The summed E-state index contributed by atoms with van der Waals surface area (Å²) < 4.78 is 39.8. The molecule has 0 aromatic heterocycles. The zero-order valence-corrected chi connectivity index (χ0v) is 10.3. The number of hydrogen-bond donors (Lipinski definition) is 2. The predicted octanol–water partition coefficient (Wildman–Crippen LogP) is 2.58. The van der Waals surface area contributed by atoms with Crippen LogP contribution in [0.25, 0.3) is 0 Å². The molecule has 1 aromatic rings. The number of halogens is 3. The third-order valence-electron chi connectivity index (χ3n) is 2.29. The number of rotatable bonds is 5. The van der Waals surface area contributed by atoms with Crippen molar-refractivity contribution in [2.24, 2.45) is 5.73 Å². The van der Waals surface area contributed by atoms with Crippen molar-refractivity contribution in [1.29, 1.82) is 0 Å². The Balaban J connectivity index is 2.74. The monoisotopic (exact) mass is 262 g/mol. The van der Waals surface area contributed by atoms with Gasteiger partial charge in [-0.25, -0.2) is 0 Å². The Morgan fingerprint density at radius 1 is 1.22 bits per heavy atom. The van der Waals surface area contributed by atoms with Gasteiger partial charge in [0, 0.05) is 18.6 Å². The van der Waals surface area contributed by atoms with Crippen molar-refractivity contribution < 1.29 is 17.9 Å². The molecule has 0 aliphatic carbocycles. The third-order valence-corrected chi connectivity index (χ3v) is 2.29. The average molecular weight is 262 g/mol. The molecule has 0 fully saturated rings. The van der Waals surface area contributed by atoms with Crippen LogP contribution in [0.2, 0.25) is 0 Å². The number of ether oxygens (including phenoxy) is 1. The van der Waals surface area contributed by atoms with Gasteiger partial charge in [-0.1, -0.05) is 26.0 Å². The second-order valence-electron chi connectivity index (χ2n) is 4.23. The number of alkyl halides is 3. The lowest BCUT2D eigenvalue weighted by molar-refractivity contribution is -0.274. The van der Waals surface area contributed by atoms with Crippen LogP contribution < -0.4 is 15.8 Å². The molecule has 0 heterocycles. The van der Waals surface area contributed by atoms with E-state index in [2.05, 4.69) is 10.1 Å². The summed E-state index contributed by atoms with van der Waals surface area (Å²) in [5.41, 5.74) is 6.45. The molecular formula is C12H17F3N2O. The van der Waals surface area contributed by atoms with Crippen molar-refractivity contribution in [1.82, 2.24) is 5.32 Å². The van der Waals surface area contributed by atoms with E-state index in [-0.39, 0.29) is 17.8 Å². The summed E-state index contributed by atoms with van der Waals surface area (Å²) in [6, 6.07) is 5.89. The molecule has 1 aromatic carbocycles. The van der Waals surface area contributed by atoms with Crippen LogP contribution in [0.1, 0.15) is 25.5 Å². The van der Waals surface area contributed by atoms with E-state index in [4.69, 9.17) is 5.73 Å². The Bertz CT molecular complexity index is 363. The highest BCUT2D eigenvalue weighted by Gasteiger charge is 2.31. The molecule has 3 N–H and O–H groups in total. The van der Waals surface area contributed by atoms with Gasteiger partial charge in [0.25, 0.3) is 0 Å². The van der Waals surface area contributed by atoms with Gasteiger partial charge >= 0.3 is 6.36 Å². The number of nitrogens with one attached hydrogen (secondary N) is 1. The zero-order valence-electron chi connectivity index (χ0n) is 10.3. The molecule has 0 radical (unpaired) electrons. The molecular weight excluding hydrogens is 245 g/mol. The van der Waals surface area contributed by atoms with E-state index in [0.29, 0.717) is 6.54 Å². The molecule has 0 aliphatic rings. The highest BCUT2D eigenvalue weighted by atomic mass is 19.4. The first-order valence-electron chi connectivity index (χ1n) is 5.63. The fraction of sp³-hybridized carbons (Fsp3) is 0.500. The minimum Gasteiger partial charge on any atom is -0.406 e. The van der Waals surface area contributed by atoms with E-state index in [1.165, 1.54) is 12.1 Å². The second kappa shape index (κ2) is 6.06. The Kier molecular flexibility index (Phi) is 4.98. The lowest BCUT2D eigenvalue weighted by atomic mass is 10.1. The minimum absolute atomic E-state index is 0.0788. The maximum absolute atomic E-state index is 12.0. The highest BCUT2D eigenvalue weighted by Crippen LogP contribution is 2.24. The van der Waals surface area contributed by atoms with E-state index in [9.17, 15) is 13.2 Å². The molecule has 102 valence electrons. The topological polar surface area (TPSA) is 47.3 Å². The fourth-order valence-electron chi connectivity index (χ4n) is 1.60. The molecule has 6 heteroatoms. The number of hydrogen-bond acceptors (Lipinski definition) is 3. The maximum atomic E-state index is 12.0. The standard InChI is InChI=1S/C12H17F3N2O/c1-8(2)17-11(7-16)9-3-5-10(6-4-9)18-12(13,14)15/h3-6,8,11,17H,7,16H2,1-2H3. The summed E-state index contributed by atoms with van der Waals surface area (Å²) >= 11 is 0. The third kappa shape index (κ3) is 4.93. The Morgan fingerprint density at radius 2 is 1.78 bits per heavy atom. The smallest absolute Gasteiger partial charge is 0.406 e. The van der Waals surface area contributed by atoms with Crippen LogP contribution in [0, 0.1) is 0 Å². The highest BCUT2D eigenvalue weighted by molar-refractivity contribution is 5.29. The molecule has 1 rings (SSSR count). The molecule has 0 amide bonds. The van der Waals surface area contributed by atoms with Gasteiger partial charge in [-0.2, -0.15) is 0 Å². The normalized spacial score (nSPS) is 13.7. The molecule has 3 nitrogen and oxygen atoms in total. The molecule has 0 saturated heterocycles. The van der Waals surface area contributed by atoms with Gasteiger partial charge in [0.2, 0.25) is 0 Å². The van der Waals surface area contributed by atoms with E-state index >= 15 is 0 Å². The zero-order chi connectivity index (χ0) is 13.8. The second-order valence-corrected chi connectivity index (χ2v) is 4.23. The van der Waals surface area contributed by atoms with Gasteiger partial charge in [-0.3, -0.25) is 0 Å². The van der Waals surface area contributed by atoms with Crippen molar-refractivity contribution in [3.8, 4) is 5.75 Å². The van der Waals surface area contributed by atoms with Crippen molar-refractivity contribution in [3.05, 3.63) is 29.8 Å². The summed E-state index contributed by atoms with van der Waals surface area (Å²) in [6.45, 7) is 4.32. The van der Waals surface area contributed by atoms with Crippen LogP contribution in [0.3, 0.4) is 0 Å². The SMILES string of the molecule is CC(C)NC(CN)c1ccc(OC(F)(F)F)cc1. The molecule has 18 heavy (non-hydrogen) atoms. The maximum Gasteiger partial charge on any atom is 0.573 e. The molecule has 0 aliphatic heterocycles. The van der Waals surface area contributed by atoms with Crippen LogP contribution in [0.4, 0.5) is 13.2 Å². The van der Waals surface area contributed by atoms with Gasteiger partial charge in [-0.15, -0.1) is 13.2 Å². The van der Waals surface area contributed by atoms with E-state index in [1.807, 2.05) is 13.8 Å². The van der Waals surface area contributed by atoms with Crippen LogP contribution in [-0.4, -0.2) is 18.9 Å². The largest absolute Gasteiger partial charge is 0.573 e. The summed E-state index contributed by atoms with van der Waals surface area (Å²) in [4.78, 5) is 0. The molecule has 0 saturated carbocycles. The van der Waals surface area contributed by atoms with Crippen molar-refractivity contribution in [3.63, 3.8) is 0 Å². The molecule has 1 atom stereocenters. The number of nitrogens with two attached hydrogens (primary N) is 1. The summed E-state index contributed by atoms with van der Waals surface area (Å²) in [7, 11) is 0. The predicted molar refractivity (Wildman–Crippen MR) is 63.2 cm³/mol. The van der Waals surface area contributed by atoms with Crippen molar-refractivity contribution in [2.75, 3.05) is 6.54 Å². The van der Waals surface area contributed by atoms with Gasteiger partial charge in [0.05, 0.1) is 0 Å². The fourth-order valence-corrected chi connectivity index (χ4v) is 1.60. The lowest BCUT2D eigenvalue weighted by Crippen LogP contribution is -2.33. The Labute approximate surface area is 104 Å². The first kappa shape index (κ1) is 14.8. The summed E-state index contributed by atoms with van der Waals surface area (Å²) in [5, 5.41) is 3.23. The molecule has 1 unspecified atom stereocenters. The average Bonchev–Trinajstić information content (AvgIpc) is 2.24. The van der Waals surface area contributed by atoms with Crippen molar-refractivity contribution >= 4 is 0 Å². The van der Waals surface area contributed by atoms with Gasteiger partial charge in [0.15, 0.2) is 0 Å². The van der Waals surface area contributed by atoms with Crippen LogP contribution >= 0.6 is 0 Å². The lowest BCUT2D eigenvalue weighted by Gasteiger charge is -2.20.